The lowest BCUT2D eigenvalue weighted by Crippen LogP contribution is -2.04. The van der Waals surface area contributed by atoms with Gasteiger partial charge < -0.3 is 5.73 Å². The molecule has 0 bridgehead atoms. The SMILES string of the molecule is CC(C)c1cc(F)c(F)c(CCCN)c1. The van der Waals surface area contributed by atoms with E-state index in [1.807, 2.05) is 13.8 Å². The molecule has 0 unspecified atom stereocenters. The second-order valence-electron chi connectivity index (χ2n) is 4.02. The monoisotopic (exact) mass is 213 g/mol. The maximum absolute atomic E-state index is 13.4. The number of aryl methyl sites for hydroxylation is 1. The summed E-state index contributed by atoms with van der Waals surface area (Å²) in [7, 11) is 0. The fourth-order valence-electron chi connectivity index (χ4n) is 1.48. The Balaban J connectivity index is 3.02. The van der Waals surface area contributed by atoms with Gasteiger partial charge in [0.05, 0.1) is 0 Å². The molecule has 0 radical (unpaired) electrons. The fourth-order valence-corrected chi connectivity index (χ4v) is 1.48. The fraction of sp³-hybridized carbons (Fsp3) is 0.500. The molecule has 0 heterocycles. The summed E-state index contributed by atoms with van der Waals surface area (Å²) in [5.41, 5.74) is 6.61. The molecule has 0 aliphatic carbocycles. The molecule has 1 aromatic rings. The molecule has 1 aromatic carbocycles. The summed E-state index contributed by atoms with van der Waals surface area (Å²) in [6, 6.07) is 3.00. The number of hydrogen-bond donors (Lipinski definition) is 1. The Morgan fingerprint density at radius 1 is 1.27 bits per heavy atom. The topological polar surface area (TPSA) is 26.0 Å². The third-order valence-corrected chi connectivity index (χ3v) is 2.44. The summed E-state index contributed by atoms with van der Waals surface area (Å²) >= 11 is 0. The molecule has 15 heavy (non-hydrogen) atoms. The van der Waals surface area contributed by atoms with Gasteiger partial charge in [-0.2, -0.15) is 0 Å². The summed E-state index contributed by atoms with van der Waals surface area (Å²) in [6.07, 6.45) is 1.18. The van der Waals surface area contributed by atoms with Crippen molar-refractivity contribution in [3.63, 3.8) is 0 Å². The highest BCUT2D eigenvalue weighted by Crippen LogP contribution is 2.21. The molecule has 2 N–H and O–H groups in total. The molecule has 0 aliphatic heterocycles. The molecule has 1 nitrogen and oxygen atoms in total. The first-order valence-corrected chi connectivity index (χ1v) is 5.24. The highest BCUT2D eigenvalue weighted by molar-refractivity contribution is 5.28. The van der Waals surface area contributed by atoms with Crippen molar-refractivity contribution in [3.8, 4) is 0 Å². The van der Waals surface area contributed by atoms with Gasteiger partial charge in [-0.05, 0) is 42.5 Å². The van der Waals surface area contributed by atoms with Crippen LogP contribution in [0.1, 0.15) is 37.3 Å². The minimum absolute atomic E-state index is 0.205. The van der Waals surface area contributed by atoms with Gasteiger partial charge in [0, 0.05) is 0 Å². The lowest BCUT2D eigenvalue weighted by molar-refractivity contribution is 0.495. The van der Waals surface area contributed by atoms with Gasteiger partial charge in [-0.1, -0.05) is 19.9 Å². The normalized spacial score (nSPS) is 11.1. The second kappa shape index (κ2) is 5.21. The van der Waals surface area contributed by atoms with Crippen LogP contribution in [0.2, 0.25) is 0 Å². The summed E-state index contributed by atoms with van der Waals surface area (Å²) in [5, 5.41) is 0. The van der Waals surface area contributed by atoms with E-state index in [1.54, 1.807) is 6.07 Å². The van der Waals surface area contributed by atoms with Crippen LogP contribution in [0.25, 0.3) is 0 Å². The highest BCUT2D eigenvalue weighted by atomic mass is 19.2. The largest absolute Gasteiger partial charge is 0.330 e. The van der Waals surface area contributed by atoms with Crippen molar-refractivity contribution in [1.82, 2.24) is 0 Å². The van der Waals surface area contributed by atoms with Crippen LogP contribution in [0.5, 0.6) is 0 Å². The van der Waals surface area contributed by atoms with Crippen LogP contribution < -0.4 is 5.73 Å². The van der Waals surface area contributed by atoms with E-state index in [0.717, 1.165) is 5.56 Å². The summed E-state index contributed by atoms with van der Waals surface area (Å²) in [6.45, 7) is 4.41. The molecule has 3 heteroatoms. The van der Waals surface area contributed by atoms with Crippen LogP contribution in [0.3, 0.4) is 0 Å². The standard InChI is InChI=1S/C12H17F2N/c1-8(2)10-6-9(4-3-5-15)12(14)11(13)7-10/h6-8H,3-5,15H2,1-2H3. The molecule has 84 valence electrons. The van der Waals surface area contributed by atoms with Crippen LogP contribution >= 0.6 is 0 Å². The Morgan fingerprint density at radius 3 is 2.47 bits per heavy atom. The predicted molar refractivity (Wildman–Crippen MR) is 57.8 cm³/mol. The van der Waals surface area contributed by atoms with Gasteiger partial charge in [-0.3, -0.25) is 0 Å². The number of rotatable bonds is 4. The summed E-state index contributed by atoms with van der Waals surface area (Å²) in [4.78, 5) is 0. The zero-order chi connectivity index (χ0) is 11.4. The number of nitrogens with two attached hydrogens (primary N) is 1. The lowest BCUT2D eigenvalue weighted by atomic mass is 9.98. The molecule has 0 saturated heterocycles. The quantitative estimate of drug-likeness (QED) is 0.817. The third-order valence-electron chi connectivity index (χ3n) is 2.44. The molecule has 0 aliphatic rings. The van der Waals surface area contributed by atoms with Gasteiger partial charge in [0.25, 0.3) is 0 Å². The van der Waals surface area contributed by atoms with E-state index in [1.165, 1.54) is 6.07 Å². The molecule has 0 amide bonds. The smallest absolute Gasteiger partial charge is 0.162 e. The molecule has 0 fully saturated rings. The van der Waals surface area contributed by atoms with E-state index in [4.69, 9.17) is 5.73 Å². The van der Waals surface area contributed by atoms with Gasteiger partial charge in [-0.25, -0.2) is 8.78 Å². The average Bonchev–Trinajstić information content (AvgIpc) is 2.19. The molecule has 0 saturated carbocycles. The van der Waals surface area contributed by atoms with Gasteiger partial charge >= 0.3 is 0 Å². The first-order valence-electron chi connectivity index (χ1n) is 5.24. The minimum Gasteiger partial charge on any atom is -0.330 e. The van der Waals surface area contributed by atoms with E-state index in [0.29, 0.717) is 24.9 Å². The zero-order valence-corrected chi connectivity index (χ0v) is 9.19. The Bertz CT molecular complexity index is 335. The van der Waals surface area contributed by atoms with Crippen molar-refractivity contribution in [2.75, 3.05) is 6.54 Å². The van der Waals surface area contributed by atoms with Crippen LogP contribution in [-0.2, 0) is 6.42 Å². The van der Waals surface area contributed by atoms with Crippen LogP contribution in [-0.4, -0.2) is 6.54 Å². The van der Waals surface area contributed by atoms with Crippen LogP contribution in [0.15, 0.2) is 12.1 Å². The Morgan fingerprint density at radius 2 is 1.93 bits per heavy atom. The van der Waals surface area contributed by atoms with Gasteiger partial charge in [0.2, 0.25) is 0 Å². The zero-order valence-electron chi connectivity index (χ0n) is 9.19. The van der Waals surface area contributed by atoms with Crippen molar-refractivity contribution in [1.29, 1.82) is 0 Å². The van der Waals surface area contributed by atoms with Gasteiger partial charge in [-0.15, -0.1) is 0 Å². The maximum Gasteiger partial charge on any atom is 0.162 e. The van der Waals surface area contributed by atoms with E-state index in [-0.39, 0.29) is 5.92 Å². The Kier molecular flexibility index (Phi) is 4.21. The minimum atomic E-state index is -0.756. The molecule has 0 atom stereocenters. The van der Waals surface area contributed by atoms with E-state index in [2.05, 4.69) is 0 Å². The van der Waals surface area contributed by atoms with E-state index < -0.39 is 11.6 Å². The second-order valence-corrected chi connectivity index (χ2v) is 4.02. The number of hydrogen-bond acceptors (Lipinski definition) is 1. The van der Waals surface area contributed by atoms with Crippen molar-refractivity contribution >= 4 is 0 Å². The van der Waals surface area contributed by atoms with E-state index >= 15 is 0 Å². The third kappa shape index (κ3) is 2.99. The molecule has 1 rings (SSSR count). The van der Waals surface area contributed by atoms with Crippen molar-refractivity contribution in [2.24, 2.45) is 5.73 Å². The Labute approximate surface area is 89.3 Å². The van der Waals surface area contributed by atoms with Crippen molar-refractivity contribution in [3.05, 3.63) is 34.9 Å². The molecular formula is C12H17F2N. The molecular weight excluding hydrogens is 196 g/mol. The predicted octanol–water partition coefficient (Wildman–Crippen LogP) is 2.98. The average molecular weight is 213 g/mol. The van der Waals surface area contributed by atoms with Gasteiger partial charge in [0.1, 0.15) is 0 Å². The van der Waals surface area contributed by atoms with Crippen molar-refractivity contribution in [2.45, 2.75) is 32.6 Å². The Hall–Kier alpha value is -0.960. The summed E-state index contributed by atoms with van der Waals surface area (Å²) < 4.78 is 26.6. The highest BCUT2D eigenvalue weighted by Gasteiger charge is 2.11. The first kappa shape index (κ1) is 12.1. The molecule has 0 spiro atoms. The lowest BCUT2D eigenvalue weighted by Gasteiger charge is -2.10. The van der Waals surface area contributed by atoms with Crippen molar-refractivity contribution < 1.29 is 8.78 Å². The number of benzene rings is 1. The van der Waals surface area contributed by atoms with Crippen LogP contribution in [0, 0.1) is 11.6 Å². The maximum atomic E-state index is 13.4. The van der Waals surface area contributed by atoms with Crippen LogP contribution in [0.4, 0.5) is 8.78 Å². The van der Waals surface area contributed by atoms with E-state index in [9.17, 15) is 8.78 Å². The first-order chi connectivity index (χ1) is 7.06. The number of halogens is 2. The summed E-state index contributed by atoms with van der Waals surface area (Å²) in [5.74, 6) is -1.28. The van der Waals surface area contributed by atoms with Gasteiger partial charge in [0.15, 0.2) is 11.6 Å². The molecule has 0 aromatic heterocycles.